The SMILES string of the molecule is CC(O)C(Nc1ncnc2nc[nH]c12)C(=O)O. The smallest absolute Gasteiger partial charge is 0.328 e. The number of H-pyrrole nitrogens is 1. The minimum atomic E-state index is -1.16. The highest BCUT2D eigenvalue weighted by Crippen LogP contribution is 2.16. The Bertz CT molecular complexity index is 538. The molecule has 17 heavy (non-hydrogen) atoms. The van der Waals surface area contributed by atoms with Gasteiger partial charge in [0.2, 0.25) is 0 Å². The Labute approximate surface area is 95.7 Å². The van der Waals surface area contributed by atoms with Crippen LogP contribution in [0.25, 0.3) is 11.2 Å². The van der Waals surface area contributed by atoms with Gasteiger partial charge in [-0.25, -0.2) is 19.7 Å². The van der Waals surface area contributed by atoms with E-state index in [-0.39, 0.29) is 0 Å². The molecule has 0 aliphatic heterocycles. The molecule has 0 amide bonds. The van der Waals surface area contributed by atoms with Crippen molar-refractivity contribution in [2.75, 3.05) is 5.32 Å². The van der Waals surface area contributed by atoms with Gasteiger partial charge in [0.15, 0.2) is 17.5 Å². The summed E-state index contributed by atoms with van der Waals surface area (Å²) in [5.41, 5.74) is 0.927. The van der Waals surface area contributed by atoms with E-state index in [1.54, 1.807) is 0 Å². The van der Waals surface area contributed by atoms with Crippen molar-refractivity contribution in [1.29, 1.82) is 0 Å². The molecule has 2 atom stereocenters. The van der Waals surface area contributed by atoms with E-state index in [2.05, 4.69) is 25.3 Å². The number of aliphatic hydroxyl groups is 1. The average Bonchev–Trinajstić information content (AvgIpc) is 2.73. The first kappa shape index (κ1) is 11.3. The summed E-state index contributed by atoms with van der Waals surface area (Å²) in [7, 11) is 0. The van der Waals surface area contributed by atoms with E-state index in [0.717, 1.165) is 0 Å². The fourth-order valence-electron chi connectivity index (χ4n) is 1.41. The summed E-state index contributed by atoms with van der Waals surface area (Å²) in [6.45, 7) is 1.39. The molecule has 2 aromatic heterocycles. The molecule has 0 aromatic carbocycles. The molecule has 8 heteroatoms. The molecule has 2 aromatic rings. The lowest BCUT2D eigenvalue weighted by Gasteiger charge is -2.17. The van der Waals surface area contributed by atoms with E-state index in [9.17, 15) is 9.90 Å². The molecule has 2 rings (SSSR count). The van der Waals surface area contributed by atoms with Gasteiger partial charge in [0, 0.05) is 0 Å². The van der Waals surface area contributed by atoms with Gasteiger partial charge in [-0.3, -0.25) is 0 Å². The van der Waals surface area contributed by atoms with Crippen molar-refractivity contribution in [2.45, 2.75) is 19.1 Å². The number of rotatable bonds is 4. The van der Waals surface area contributed by atoms with E-state index in [4.69, 9.17) is 5.11 Å². The van der Waals surface area contributed by atoms with E-state index in [1.807, 2.05) is 0 Å². The molecule has 4 N–H and O–H groups in total. The predicted molar refractivity (Wildman–Crippen MR) is 58.4 cm³/mol. The molecule has 0 fully saturated rings. The van der Waals surface area contributed by atoms with Crippen molar-refractivity contribution >= 4 is 23.0 Å². The van der Waals surface area contributed by atoms with Crippen LogP contribution in [0, 0.1) is 0 Å². The van der Waals surface area contributed by atoms with Crippen molar-refractivity contribution in [1.82, 2.24) is 19.9 Å². The summed E-state index contributed by atoms with van der Waals surface area (Å²) in [5.74, 6) is -0.868. The standard InChI is InChI=1S/C9H11N5O3/c1-4(15)5(9(16)17)14-8-6-7(11-2-10-6)12-3-13-8/h2-5,15H,1H3,(H,16,17)(H2,10,11,12,13,14). The highest BCUT2D eigenvalue weighted by atomic mass is 16.4. The second-order valence-corrected chi connectivity index (χ2v) is 3.52. The van der Waals surface area contributed by atoms with Gasteiger partial charge in [-0.1, -0.05) is 0 Å². The van der Waals surface area contributed by atoms with Crippen LogP contribution in [0.3, 0.4) is 0 Å². The molecular formula is C9H11N5O3. The predicted octanol–water partition coefficient (Wildman–Crippen LogP) is -0.401. The summed E-state index contributed by atoms with van der Waals surface area (Å²) in [4.78, 5) is 25.5. The van der Waals surface area contributed by atoms with Crippen molar-refractivity contribution in [2.24, 2.45) is 0 Å². The van der Waals surface area contributed by atoms with Crippen LogP contribution < -0.4 is 5.32 Å². The summed E-state index contributed by atoms with van der Waals surface area (Å²) in [6.07, 6.45) is 1.65. The third-order valence-electron chi connectivity index (χ3n) is 2.26. The Morgan fingerprint density at radius 2 is 2.24 bits per heavy atom. The topological polar surface area (TPSA) is 124 Å². The van der Waals surface area contributed by atoms with Gasteiger partial charge in [-0.2, -0.15) is 0 Å². The fraction of sp³-hybridized carbons (Fsp3) is 0.333. The zero-order valence-corrected chi connectivity index (χ0v) is 8.95. The number of carbonyl (C=O) groups is 1. The highest BCUT2D eigenvalue weighted by molar-refractivity contribution is 5.85. The Morgan fingerprint density at radius 1 is 1.47 bits per heavy atom. The molecule has 0 saturated heterocycles. The van der Waals surface area contributed by atoms with Crippen LogP contribution in [0.15, 0.2) is 12.7 Å². The summed E-state index contributed by atoms with van der Waals surface area (Å²) in [5, 5.41) is 20.9. The number of hydrogen-bond acceptors (Lipinski definition) is 6. The largest absolute Gasteiger partial charge is 0.480 e. The first-order chi connectivity index (χ1) is 8.09. The monoisotopic (exact) mass is 237 g/mol. The average molecular weight is 237 g/mol. The Morgan fingerprint density at radius 3 is 2.88 bits per heavy atom. The first-order valence-corrected chi connectivity index (χ1v) is 4.91. The van der Waals surface area contributed by atoms with Crippen LogP contribution in [0.5, 0.6) is 0 Å². The molecule has 2 unspecified atom stereocenters. The number of nitrogens with one attached hydrogen (secondary N) is 2. The van der Waals surface area contributed by atoms with Gasteiger partial charge >= 0.3 is 5.97 Å². The summed E-state index contributed by atoms with van der Waals surface area (Å²) in [6, 6.07) is -1.14. The number of nitrogens with zero attached hydrogens (tertiary/aromatic N) is 3. The molecule has 8 nitrogen and oxygen atoms in total. The van der Waals surface area contributed by atoms with E-state index >= 15 is 0 Å². The minimum absolute atomic E-state index is 0.292. The van der Waals surface area contributed by atoms with Gasteiger partial charge < -0.3 is 20.5 Å². The minimum Gasteiger partial charge on any atom is -0.480 e. The van der Waals surface area contributed by atoms with E-state index in [1.165, 1.54) is 19.6 Å². The number of carboxylic acid groups (broad SMARTS) is 1. The number of anilines is 1. The molecule has 0 bridgehead atoms. The van der Waals surface area contributed by atoms with Crippen LogP contribution in [-0.4, -0.2) is 48.3 Å². The number of imidazole rings is 1. The maximum Gasteiger partial charge on any atom is 0.328 e. The molecule has 90 valence electrons. The number of aliphatic hydroxyl groups excluding tert-OH is 1. The van der Waals surface area contributed by atoms with E-state index < -0.39 is 18.1 Å². The number of hydrogen-bond donors (Lipinski definition) is 4. The van der Waals surface area contributed by atoms with Crippen LogP contribution in [0.4, 0.5) is 5.82 Å². The van der Waals surface area contributed by atoms with Gasteiger partial charge in [0.25, 0.3) is 0 Å². The maximum absolute atomic E-state index is 10.9. The number of fused-ring (bicyclic) bond motifs is 1. The number of carboxylic acids is 1. The normalized spacial score (nSPS) is 14.5. The molecular weight excluding hydrogens is 226 g/mol. The van der Waals surface area contributed by atoms with E-state index in [0.29, 0.717) is 17.0 Å². The first-order valence-electron chi connectivity index (χ1n) is 4.91. The van der Waals surface area contributed by atoms with Crippen molar-refractivity contribution in [3.63, 3.8) is 0 Å². The van der Waals surface area contributed by atoms with Crippen LogP contribution >= 0.6 is 0 Å². The number of aromatic nitrogens is 4. The molecule has 0 spiro atoms. The highest BCUT2D eigenvalue weighted by Gasteiger charge is 2.24. The third-order valence-corrected chi connectivity index (χ3v) is 2.26. The van der Waals surface area contributed by atoms with Gasteiger partial charge in [-0.15, -0.1) is 0 Å². The lowest BCUT2D eigenvalue weighted by molar-refractivity contribution is -0.140. The van der Waals surface area contributed by atoms with Gasteiger partial charge in [-0.05, 0) is 6.92 Å². The van der Waals surface area contributed by atoms with Crippen molar-refractivity contribution in [3.05, 3.63) is 12.7 Å². The van der Waals surface area contributed by atoms with Crippen LogP contribution in [-0.2, 0) is 4.79 Å². The van der Waals surface area contributed by atoms with Crippen LogP contribution in [0.1, 0.15) is 6.92 Å². The molecule has 2 heterocycles. The number of aromatic amines is 1. The Kier molecular flexibility index (Phi) is 2.88. The van der Waals surface area contributed by atoms with Crippen molar-refractivity contribution in [3.8, 4) is 0 Å². The van der Waals surface area contributed by atoms with Crippen LogP contribution in [0.2, 0.25) is 0 Å². The van der Waals surface area contributed by atoms with Gasteiger partial charge in [0.05, 0.1) is 12.4 Å². The molecule has 0 aliphatic carbocycles. The molecule has 0 radical (unpaired) electrons. The maximum atomic E-state index is 10.9. The van der Waals surface area contributed by atoms with Gasteiger partial charge in [0.1, 0.15) is 11.8 Å². The zero-order chi connectivity index (χ0) is 12.4. The molecule has 0 saturated carbocycles. The van der Waals surface area contributed by atoms with Crippen molar-refractivity contribution < 1.29 is 15.0 Å². The third kappa shape index (κ3) is 2.16. The lowest BCUT2D eigenvalue weighted by atomic mass is 10.2. The lowest BCUT2D eigenvalue weighted by Crippen LogP contribution is -2.39. The second-order valence-electron chi connectivity index (χ2n) is 3.52. The molecule has 0 aliphatic rings. The fourth-order valence-corrected chi connectivity index (χ4v) is 1.41. The summed E-state index contributed by atoms with van der Waals surface area (Å²) < 4.78 is 0. The second kappa shape index (κ2) is 4.34. The Hall–Kier alpha value is -2.22. The quantitative estimate of drug-likeness (QED) is 0.570. The number of aliphatic carboxylic acids is 1. The summed E-state index contributed by atoms with van der Waals surface area (Å²) >= 11 is 0. The zero-order valence-electron chi connectivity index (χ0n) is 8.95. The Balaban J connectivity index is 2.34.